The Balaban J connectivity index is 1.53. The number of hydrogen-bond donors (Lipinski definition) is 2. The molecule has 0 amide bonds. The quantitative estimate of drug-likeness (QED) is 0.281. The third kappa shape index (κ3) is 5.18. The van der Waals surface area contributed by atoms with E-state index in [-0.39, 0.29) is 0 Å². The van der Waals surface area contributed by atoms with Crippen LogP contribution in [0.15, 0.2) is 60.7 Å². The van der Waals surface area contributed by atoms with Gasteiger partial charge in [0.1, 0.15) is 12.4 Å². The normalized spacial score (nSPS) is 10.7. The standard InChI is InChI=1S/C25H25ClN4O3S/c1-16-8-10-17(11-9-16)15-33-23-20(26)12-18(13-22(23)32-3)14-27-30-24(28-29-25(30)34)19-6-4-5-7-21(19)31-2/h4-13,27H,14-15H2,1-3H3,(H,29,34). The monoisotopic (exact) mass is 496 g/mol. The Morgan fingerprint density at radius 3 is 2.47 bits per heavy atom. The van der Waals surface area contributed by atoms with E-state index >= 15 is 0 Å². The Morgan fingerprint density at radius 1 is 1.00 bits per heavy atom. The Labute approximate surface area is 208 Å². The minimum Gasteiger partial charge on any atom is -0.496 e. The van der Waals surface area contributed by atoms with E-state index < -0.39 is 0 Å². The number of aromatic nitrogens is 3. The highest BCUT2D eigenvalue weighted by molar-refractivity contribution is 7.71. The van der Waals surface area contributed by atoms with E-state index in [1.165, 1.54) is 5.56 Å². The first-order chi connectivity index (χ1) is 16.5. The van der Waals surface area contributed by atoms with Crippen LogP contribution >= 0.6 is 23.8 Å². The van der Waals surface area contributed by atoms with Crippen LogP contribution in [0, 0.1) is 11.7 Å². The van der Waals surface area contributed by atoms with Crippen LogP contribution in [-0.4, -0.2) is 29.1 Å². The van der Waals surface area contributed by atoms with Gasteiger partial charge in [-0.15, -0.1) is 0 Å². The highest BCUT2D eigenvalue weighted by atomic mass is 35.5. The molecule has 0 atom stereocenters. The highest BCUT2D eigenvalue weighted by Gasteiger charge is 2.15. The summed E-state index contributed by atoms with van der Waals surface area (Å²) in [5, 5.41) is 7.65. The van der Waals surface area contributed by atoms with Crippen molar-refractivity contribution in [1.29, 1.82) is 0 Å². The van der Waals surface area contributed by atoms with Crippen molar-refractivity contribution in [2.45, 2.75) is 20.1 Å². The summed E-state index contributed by atoms with van der Waals surface area (Å²) in [4.78, 5) is 0. The summed E-state index contributed by atoms with van der Waals surface area (Å²) in [5.41, 5.74) is 7.24. The van der Waals surface area contributed by atoms with Gasteiger partial charge < -0.3 is 19.6 Å². The van der Waals surface area contributed by atoms with Gasteiger partial charge in [0.25, 0.3) is 0 Å². The third-order valence-electron chi connectivity index (χ3n) is 5.25. The third-order valence-corrected chi connectivity index (χ3v) is 5.81. The molecule has 1 heterocycles. The Bertz CT molecular complexity index is 1330. The van der Waals surface area contributed by atoms with Crippen LogP contribution in [0.5, 0.6) is 17.2 Å². The fourth-order valence-electron chi connectivity index (χ4n) is 3.48. The predicted molar refractivity (Wildman–Crippen MR) is 136 cm³/mol. The van der Waals surface area contributed by atoms with Crippen molar-refractivity contribution in [1.82, 2.24) is 14.9 Å². The largest absolute Gasteiger partial charge is 0.496 e. The molecule has 0 fully saturated rings. The predicted octanol–water partition coefficient (Wildman–Crippen LogP) is 5.91. The van der Waals surface area contributed by atoms with Crippen molar-refractivity contribution in [3.05, 3.63) is 87.1 Å². The minimum absolute atomic E-state index is 0.389. The first-order valence-corrected chi connectivity index (χ1v) is 11.4. The van der Waals surface area contributed by atoms with Crippen LogP contribution in [0.2, 0.25) is 5.02 Å². The molecule has 3 aromatic carbocycles. The lowest BCUT2D eigenvalue weighted by molar-refractivity contribution is 0.284. The first kappa shape index (κ1) is 23.7. The summed E-state index contributed by atoms with van der Waals surface area (Å²) >= 11 is 12.0. The van der Waals surface area contributed by atoms with Gasteiger partial charge in [-0.3, -0.25) is 0 Å². The number of rotatable bonds is 9. The number of nitrogens with one attached hydrogen (secondary N) is 2. The van der Waals surface area contributed by atoms with E-state index in [4.69, 9.17) is 38.0 Å². The molecular formula is C25H25ClN4O3S. The highest BCUT2D eigenvalue weighted by Crippen LogP contribution is 2.37. The number of ether oxygens (including phenoxy) is 3. The SMILES string of the molecule is COc1ccccc1-c1n[nH]c(=S)n1NCc1cc(Cl)c(OCc2ccc(C)cc2)c(OC)c1. The van der Waals surface area contributed by atoms with E-state index in [1.807, 2.05) is 67.6 Å². The summed E-state index contributed by atoms with van der Waals surface area (Å²) in [6.07, 6.45) is 0. The lowest BCUT2D eigenvalue weighted by atomic mass is 10.1. The summed E-state index contributed by atoms with van der Waals surface area (Å²) in [6, 6.07) is 19.5. The molecule has 0 aliphatic rings. The van der Waals surface area contributed by atoms with E-state index in [0.717, 1.165) is 16.7 Å². The second-order valence-corrected chi connectivity index (χ2v) is 8.40. The van der Waals surface area contributed by atoms with Crippen LogP contribution in [0.25, 0.3) is 11.4 Å². The van der Waals surface area contributed by atoms with Crippen molar-refractivity contribution in [3.63, 3.8) is 0 Å². The van der Waals surface area contributed by atoms with Gasteiger partial charge >= 0.3 is 0 Å². The number of halogens is 1. The van der Waals surface area contributed by atoms with Gasteiger partial charge in [0, 0.05) is 0 Å². The fourth-order valence-corrected chi connectivity index (χ4v) is 3.96. The second kappa shape index (κ2) is 10.6. The summed E-state index contributed by atoms with van der Waals surface area (Å²) < 4.78 is 19.1. The number of H-pyrrole nitrogens is 1. The molecule has 0 bridgehead atoms. The molecule has 0 radical (unpaired) electrons. The molecule has 0 saturated heterocycles. The number of aromatic amines is 1. The molecule has 0 aliphatic carbocycles. The van der Waals surface area contributed by atoms with Gasteiger partial charge in [-0.1, -0.05) is 53.6 Å². The maximum Gasteiger partial charge on any atom is 0.214 e. The Morgan fingerprint density at radius 2 is 1.74 bits per heavy atom. The minimum atomic E-state index is 0.389. The van der Waals surface area contributed by atoms with Crippen LogP contribution in [-0.2, 0) is 13.2 Å². The van der Waals surface area contributed by atoms with Crippen LogP contribution in [0.3, 0.4) is 0 Å². The van der Waals surface area contributed by atoms with Crippen LogP contribution in [0.1, 0.15) is 16.7 Å². The zero-order chi connectivity index (χ0) is 24.1. The lowest BCUT2D eigenvalue weighted by Crippen LogP contribution is -2.16. The van der Waals surface area contributed by atoms with Crippen LogP contribution < -0.4 is 19.6 Å². The molecule has 176 valence electrons. The average Bonchev–Trinajstić information content (AvgIpc) is 3.22. The average molecular weight is 497 g/mol. The van der Waals surface area contributed by atoms with Crippen molar-refractivity contribution in [3.8, 4) is 28.6 Å². The molecule has 34 heavy (non-hydrogen) atoms. The number of hydrogen-bond acceptors (Lipinski definition) is 6. The first-order valence-electron chi connectivity index (χ1n) is 10.6. The molecule has 0 aliphatic heterocycles. The van der Waals surface area contributed by atoms with E-state index in [0.29, 0.717) is 46.0 Å². The van der Waals surface area contributed by atoms with Gasteiger partial charge in [0.2, 0.25) is 4.77 Å². The Hall–Kier alpha value is -3.49. The van der Waals surface area contributed by atoms with Crippen LogP contribution in [0.4, 0.5) is 0 Å². The van der Waals surface area contributed by atoms with Gasteiger partial charge in [0.05, 0.1) is 31.4 Å². The molecule has 0 saturated carbocycles. The number of para-hydroxylation sites is 1. The van der Waals surface area contributed by atoms with Crippen molar-refractivity contribution in [2.75, 3.05) is 19.6 Å². The van der Waals surface area contributed by atoms with E-state index in [1.54, 1.807) is 18.9 Å². The van der Waals surface area contributed by atoms with Gasteiger partial charge in [-0.2, -0.15) is 5.10 Å². The summed E-state index contributed by atoms with van der Waals surface area (Å²) in [6.45, 7) is 2.86. The van der Waals surface area contributed by atoms with E-state index in [9.17, 15) is 0 Å². The van der Waals surface area contributed by atoms with Gasteiger partial charge in [-0.25, -0.2) is 9.77 Å². The van der Waals surface area contributed by atoms with Crippen molar-refractivity contribution >= 4 is 23.8 Å². The molecule has 9 heteroatoms. The molecule has 1 aromatic heterocycles. The number of methoxy groups -OCH3 is 2. The smallest absolute Gasteiger partial charge is 0.214 e. The summed E-state index contributed by atoms with van der Waals surface area (Å²) in [5.74, 6) is 2.36. The molecule has 2 N–H and O–H groups in total. The maximum absolute atomic E-state index is 6.57. The number of aryl methyl sites for hydroxylation is 1. The van der Waals surface area contributed by atoms with Gasteiger partial charge in [-0.05, 0) is 54.5 Å². The topological polar surface area (TPSA) is 73.3 Å². The zero-order valence-corrected chi connectivity index (χ0v) is 20.7. The van der Waals surface area contributed by atoms with E-state index in [2.05, 4.69) is 15.6 Å². The molecule has 7 nitrogen and oxygen atoms in total. The number of nitrogens with zero attached hydrogens (tertiary/aromatic N) is 2. The molecular weight excluding hydrogens is 472 g/mol. The Kier molecular flexibility index (Phi) is 7.40. The lowest BCUT2D eigenvalue weighted by Gasteiger charge is -2.16. The molecule has 0 spiro atoms. The van der Waals surface area contributed by atoms with Crippen molar-refractivity contribution in [2.24, 2.45) is 0 Å². The zero-order valence-electron chi connectivity index (χ0n) is 19.1. The molecule has 4 rings (SSSR count). The maximum atomic E-state index is 6.57. The van der Waals surface area contributed by atoms with Gasteiger partial charge in [0.15, 0.2) is 17.3 Å². The summed E-state index contributed by atoms with van der Waals surface area (Å²) in [7, 11) is 3.21. The molecule has 0 unspecified atom stereocenters. The fraction of sp³-hybridized carbons (Fsp3) is 0.200. The number of benzene rings is 3. The second-order valence-electron chi connectivity index (χ2n) is 7.61. The molecule has 4 aromatic rings. The van der Waals surface area contributed by atoms with Crippen molar-refractivity contribution < 1.29 is 14.2 Å².